The molecule has 1 amide bonds. The minimum Gasteiger partial charge on any atom is -0.466 e. The van der Waals surface area contributed by atoms with Gasteiger partial charge in [-0.2, -0.15) is 0 Å². The zero-order valence-corrected chi connectivity index (χ0v) is 46.8. The zero-order valence-electron chi connectivity index (χ0n) is 46.8. The maximum atomic E-state index is 12.4. The standard InChI is InChI=1S/C63H123NO5/c1-3-5-7-9-11-13-15-16-17-18-28-31-34-37-41-45-49-53-57-63(68)69-58-54-50-46-42-38-35-32-29-26-24-22-20-19-21-23-25-27-30-33-36-40-44-48-52-56-62(67)64-60(59-65)61(66)55-51-47-43-39-14-12-10-8-6-4-2/h51,55,60-61,65-66H,3-50,52-54,56-59H2,1-2H3,(H,64,67)/b55-51+. The molecule has 0 saturated carbocycles. The smallest absolute Gasteiger partial charge is 0.305 e. The van der Waals surface area contributed by atoms with Gasteiger partial charge in [0, 0.05) is 12.8 Å². The van der Waals surface area contributed by atoms with Gasteiger partial charge >= 0.3 is 5.97 Å². The molecule has 2 atom stereocenters. The molecule has 0 saturated heterocycles. The van der Waals surface area contributed by atoms with Crippen molar-refractivity contribution >= 4 is 11.9 Å². The number of aliphatic hydroxyl groups is 2. The number of rotatable bonds is 59. The Morgan fingerprint density at radius 3 is 0.986 bits per heavy atom. The molecule has 0 aromatic carbocycles. The summed E-state index contributed by atoms with van der Waals surface area (Å²) in [7, 11) is 0. The van der Waals surface area contributed by atoms with Gasteiger partial charge in [-0.25, -0.2) is 0 Å². The molecule has 0 bridgehead atoms. The highest BCUT2D eigenvalue weighted by Gasteiger charge is 2.18. The Morgan fingerprint density at radius 2 is 0.667 bits per heavy atom. The minimum absolute atomic E-state index is 0.0198. The van der Waals surface area contributed by atoms with E-state index in [9.17, 15) is 19.8 Å². The van der Waals surface area contributed by atoms with Gasteiger partial charge in [-0.15, -0.1) is 0 Å². The van der Waals surface area contributed by atoms with Gasteiger partial charge in [0.25, 0.3) is 0 Å². The van der Waals surface area contributed by atoms with E-state index < -0.39 is 12.1 Å². The highest BCUT2D eigenvalue weighted by Crippen LogP contribution is 2.18. The summed E-state index contributed by atoms with van der Waals surface area (Å²) in [5.74, 6) is -0.0474. The number of carbonyl (C=O) groups excluding carboxylic acids is 2. The number of hydrogen-bond donors (Lipinski definition) is 3. The van der Waals surface area contributed by atoms with E-state index in [1.807, 2.05) is 6.08 Å². The van der Waals surface area contributed by atoms with Crippen molar-refractivity contribution in [1.82, 2.24) is 5.32 Å². The van der Waals surface area contributed by atoms with Crippen molar-refractivity contribution in [2.45, 2.75) is 366 Å². The van der Waals surface area contributed by atoms with Gasteiger partial charge < -0.3 is 20.3 Å². The van der Waals surface area contributed by atoms with Crippen LogP contribution in [0.2, 0.25) is 0 Å². The van der Waals surface area contributed by atoms with Crippen molar-refractivity contribution in [2.24, 2.45) is 0 Å². The Balaban J connectivity index is 3.32. The Morgan fingerprint density at radius 1 is 0.391 bits per heavy atom. The first-order valence-corrected chi connectivity index (χ1v) is 31.5. The highest BCUT2D eigenvalue weighted by atomic mass is 16.5. The first-order chi connectivity index (χ1) is 34.0. The van der Waals surface area contributed by atoms with Crippen LogP contribution in [-0.2, 0) is 14.3 Å². The molecule has 0 heterocycles. The molecule has 6 nitrogen and oxygen atoms in total. The lowest BCUT2D eigenvalue weighted by Crippen LogP contribution is -2.45. The lowest BCUT2D eigenvalue weighted by atomic mass is 10.0. The molecule has 2 unspecified atom stereocenters. The van der Waals surface area contributed by atoms with Gasteiger partial charge in [-0.1, -0.05) is 321 Å². The van der Waals surface area contributed by atoms with Crippen LogP contribution in [0.5, 0.6) is 0 Å². The molecule has 0 aliphatic carbocycles. The largest absolute Gasteiger partial charge is 0.466 e. The summed E-state index contributed by atoms with van der Waals surface area (Å²) in [5.41, 5.74) is 0. The third-order valence-electron chi connectivity index (χ3n) is 14.8. The van der Waals surface area contributed by atoms with Crippen LogP contribution in [0.1, 0.15) is 354 Å². The monoisotopic (exact) mass is 974 g/mol. The first kappa shape index (κ1) is 67.6. The molecule has 69 heavy (non-hydrogen) atoms. The van der Waals surface area contributed by atoms with Gasteiger partial charge in [0.05, 0.1) is 25.4 Å². The maximum absolute atomic E-state index is 12.4. The number of amides is 1. The second-order valence-electron chi connectivity index (χ2n) is 21.8. The molecule has 0 spiro atoms. The summed E-state index contributed by atoms with van der Waals surface area (Å²) in [5, 5.41) is 23.0. The highest BCUT2D eigenvalue weighted by molar-refractivity contribution is 5.76. The Bertz CT molecular complexity index is 1030. The van der Waals surface area contributed by atoms with E-state index in [1.54, 1.807) is 6.08 Å². The fraction of sp³-hybridized carbons (Fsp3) is 0.937. The molecule has 0 aromatic heterocycles. The normalized spacial score (nSPS) is 12.6. The van der Waals surface area contributed by atoms with E-state index >= 15 is 0 Å². The number of aliphatic hydroxyl groups excluding tert-OH is 2. The van der Waals surface area contributed by atoms with Gasteiger partial charge in [0.2, 0.25) is 5.91 Å². The van der Waals surface area contributed by atoms with Crippen LogP contribution in [0, 0.1) is 0 Å². The van der Waals surface area contributed by atoms with E-state index in [2.05, 4.69) is 19.2 Å². The first-order valence-electron chi connectivity index (χ1n) is 31.5. The fourth-order valence-electron chi connectivity index (χ4n) is 9.99. The number of allylic oxidation sites excluding steroid dienone is 1. The van der Waals surface area contributed by atoms with Crippen LogP contribution in [0.4, 0.5) is 0 Å². The van der Waals surface area contributed by atoms with Crippen LogP contribution < -0.4 is 5.32 Å². The molecule has 0 radical (unpaired) electrons. The lowest BCUT2D eigenvalue weighted by molar-refractivity contribution is -0.143. The second-order valence-corrected chi connectivity index (χ2v) is 21.8. The number of hydrogen-bond acceptors (Lipinski definition) is 5. The molecule has 0 aromatic rings. The van der Waals surface area contributed by atoms with Crippen LogP contribution in [0.3, 0.4) is 0 Å². The molecular weight excluding hydrogens is 851 g/mol. The summed E-state index contributed by atoms with van der Waals surface area (Å²) in [6.45, 7) is 4.91. The van der Waals surface area contributed by atoms with Crippen molar-refractivity contribution in [3.63, 3.8) is 0 Å². The van der Waals surface area contributed by atoms with Crippen LogP contribution in [-0.4, -0.2) is 47.4 Å². The molecule has 3 N–H and O–H groups in total. The van der Waals surface area contributed by atoms with E-state index in [0.29, 0.717) is 19.4 Å². The molecule has 0 aliphatic heterocycles. The van der Waals surface area contributed by atoms with E-state index in [-0.39, 0.29) is 18.5 Å². The summed E-state index contributed by atoms with van der Waals surface area (Å²) in [6, 6.07) is -0.624. The Kier molecular flexibility index (Phi) is 58.0. The third-order valence-corrected chi connectivity index (χ3v) is 14.8. The summed E-state index contributed by atoms with van der Waals surface area (Å²) in [4.78, 5) is 24.5. The lowest BCUT2D eigenvalue weighted by Gasteiger charge is -2.20. The number of carbonyl (C=O) groups is 2. The van der Waals surface area contributed by atoms with Crippen LogP contribution >= 0.6 is 0 Å². The topological polar surface area (TPSA) is 95.9 Å². The van der Waals surface area contributed by atoms with E-state index in [1.165, 1.54) is 289 Å². The number of ether oxygens (including phenoxy) is 1. The third kappa shape index (κ3) is 55.8. The Labute approximate surface area is 431 Å². The van der Waals surface area contributed by atoms with Crippen LogP contribution in [0.25, 0.3) is 0 Å². The minimum atomic E-state index is -0.841. The van der Waals surface area contributed by atoms with Crippen LogP contribution in [0.15, 0.2) is 12.2 Å². The quantitative estimate of drug-likeness (QED) is 0.0321. The zero-order chi connectivity index (χ0) is 50.0. The second kappa shape index (κ2) is 59.2. The van der Waals surface area contributed by atoms with Gasteiger partial charge in [-0.05, 0) is 32.1 Å². The average molecular weight is 975 g/mol. The molecule has 0 fully saturated rings. The van der Waals surface area contributed by atoms with Crippen molar-refractivity contribution in [1.29, 1.82) is 0 Å². The average Bonchev–Trinajstić information content (AvgIpc) is 3.35. The molecular formula is C63H123NO5. The molecule has 0 aliphatic rings. The molecule has 410 valence electrons. The van der Waals surface area contributed by atoms with E-state index in [0.717, 1.165) is 38.5 Å². The van der Waals surface area contributed by atoms with Crippen molar-refractivity contribution in [3.8, 4) is 0 Å². The summed E-state index contributed by atoms with van der Waals surface area (Å²) >= 11 is 0. The maximum Gasteiger partial charge on any atom is 0.305 e. The van der Waals surface area contributed by atoms with Crippen molar-refractivity contribution in [2.75, 3.05) is 13.2 Å². The number of unbranched alkanes of at least 4 members (excludes halogenated alkanes) is 48. The van der Waals surface area contributed by atoms with Gasteiger partial charge in [-0.3, -0.25) is 9.59 Å². The summed E-state index contributed by atoms with van der Waals surface area (Å²) < 4.78 is 5.50. The molecule has 6 heteroatoms. The van der Waals surface area contributed by atoms with Crippen molar-refractivity contribution < 1.29 is 24.5 Å². The number of nitrogens with one attached hydrogen (secondary N) is 1. The van der Waals surface area contributed by atoms with Crippen molar-refractivity contribution in [3.05, 3.63) is 12.2 Å². The van der Waals surface area contributed by atoms with Gasteiger partial charge in [0.15, 0.2) is 0 Å². The fourth-order valence-corrected chi connectivity index (χ4v) is 9.99. The summed E-state index contributed by atoms with van der Waals surface area (Å²) in [6.07, 6.45) is 71.3. The predicted molar refractivity (Wildman–Crippen MR) is 301 cm³/mol. The molecule has 0 rings (SSSR count). The van der Waals surface area contributed by atoms with Gasteiger partial charge in [0.1, 0.15) is 0 Å². The SMILES string of the molecule is CCCCCCCCCC/C=C/C(O)C(CO)NC(=O)CCCCCCCCCCCCCCCCCCCCCCCCCCOC(=O)CCCCCCCCCCCCCCCCCCCC. The number of esters is 1. The predicted octanol–water partition coefficient (Wildman–Crippen LogP) is 19.6. The van der Waals surface area contributed by atoms with E-state index in [4.69, 9.17) is 4.74 Å². The Hall–Kier alpha value is -1.40.